The predicted octanol–water partition coefficient (Wildman–Crippen LogP) is 3.20. The average Bonchev–Trinajstić information content (AvgIpc) is 2.85. The molecule has 0 radical (unpaired) electrons. The van der Waals surface area contributed by atoms with E-state index in [1.165, 1.54) is 21.8 Å². The highest BCUT2D eigenvalue weighted by molar-refractivity contribution is 7.14. The van der Waals surface area contributed by atoms with E-state index in [-0.39, 0.29) is 18.5 Å². The number of aliphatic carboxylic acids is 1. The maximum atomic E-state index is 12.7. The lowest BCUT2D eigenvalue weighted by molar-refractivity contribution is -0.138. The topological polar surface area (TPSA) is 57.6 Å². The number of aryl methyl sites for hydroxylation is 1. The summed E-state index contributed by atoms with van der Waals surface area (Å²) in [6, 6.07) is 1.92. The van der Waals surface area contributed by atoms with Crippen LogP contribution in [0.1, 0.15) is 53.7 Å². The molecule has 21 heavy (non-hydrogen) atoms. The molecule has 1 aromatic heterocycles. The minimum absolute atomic E-state index is 0.0633. The third-order valence-electron chi connectivity index (χ3n) is 4.23. The van der Waals surface area contributed by atoms with Gasteiger partial charge in [-0.25, -0.2) is 0 Å². The molecule has 1 N–H and O–H groups in total. The molecule has 1 heterocycles. The van der Waals surface area contributed by atoms with Gasteiger partial charge in [-0.2, -0.15) is 0 Å². The molecule has 5 heteroatoms. The number of carboxylic acids is 1. The van der Waals surface area contributed by atoms with Crippen molar-refractivity contribution in [3.8, 4) is 0 Å². The van der Waals surface area contributed by atoms with E-state index in [4.69, 9.17) is 5.11 Å². The van der Waals surface area contributed by atoms with Gasteiger partial charge in [0.05, 0.1) is 4.88 Å². The minimum Gasteiger partial charge on any atom is -0.480 e. The molecule has 0 saturated carbocycles. The molecular formula is C16H23NO3S. The minimum atomic E-state index is -0.960. The monoisotopic (exact) mass is 309 g/mol. The lowest BCUT2D eigenvalue weighted by Gasteiger charge is -2.26. The smallest absolute Gasteiger partial charge is 0.323 e. The zero-order valence-electron chi connectivity index (χ0n) is 12.9. The molecule has 0 saturated heterocycles. The van der Waals surface area contributed by atoms with Crippen molar-refractivity contribution in [2.45, 2.75) is 52.5 Å². The highest BCUT2D eigenvalue weighted by Crippen LogP contribution is 2.33. The van der Waals surface area contributed by atoms with E-state index < -0.39 is 5.97 Å². The fourth-order valence-corrected chi connectivity index (χ4v) is 3.91. The predicted molar refractivity (Wildman–Crippen MR) is 83.9 cm³/mol. The maximum Gasteiger partial charge on any atom is 0.323 e. The van der Waals surface area contributed by atoms with Gasteiger partial charge in [0.15, 0.2) is 0 Å². The zero-order chi connectivity index (χ0) is 15.6. The van der Waals surface area contributed by atoms with E-state index in [0.29, 0.717) is 10.8 Å². The number of carboxylic acid groups (broad SMARTS) is 1. The number of thiophene rings is 1. The third kappa shape index (κ3) is 3.64. The van der Waals surface area contributed by atoms with E-state index >= 15 is 0 Å². The second kappa shape index (κ2) is 6.60. The van der Waals surface area contributed by atoms with Crippen molar-refractivity contribution in [3.05, 3.63) is 21.4 Å². The van der Waals surface area contributed by atoms with Crippen LogP contribution in [-0.4, -0.2) is 34.5 Å². The number of hydrogen-bond acceptors (Lipinski definition) is 3. The van der Waals surface area contributed by atoms with Crippen LogP contribution in [0.4, 0.5) is 0 Å². The molecule has 0 bridgehead atoms. The van der Waals surface area contributed by atoms with E-state index in [0.717, 1.165) is 19.3 Å². The maximum absolute atomic E-state index is 12.7. The fraction of sp³-hybridized carbons (Fsp3) is 0.625. The zero-order valence-corrected chi connectivity index (χ0v) is 13.7. The van der Waals surface area contributed by atoms with Gasteiger partial charge in [-0.1, -0.05) is 13.8 Å². The van der Waals surface area contributed by atoms with Gasteiger partial charge in [-0.05, 0) is 50.2 Å². The first-order valence-corrected chi connectivity index (χ1v) is 8.38. The summed E-state index contributed by atoms with van der Waals surface area (Å²) in [7, 11) is 0. The van der Waals surface area contributed by atoms with Gasteiger partial charge in [0.2, 0.25) is 0 Å². The molecule has 0 aromatic carbocycles. The Balaban J connectivity index is 2.22. The molecule has 0 aliphatic heterocycles. The van der Waals surface area contributed by atoms with Crippen molar-refractivity contribution in [1.82, 2.24) is 4.90 Å². The summed E-state index contributed by atoms with van der Waals surface area (Å²) in [5, 5.41) is 9.03. The summed E-state index contributed by atoms with van der Waals surface area (Å²) < 4.78 is 0. The van der Waals surface area contributed by atoms with Gasteiger partial charge in [0, 0.05) is 10.9 Å². The van der Waals surface area contributed by atoms with Crippen molar-refractivity contribution < 1.29 is 14.7 Å². The lowest BCUT2D eigenvalue weighted by atomic mass is 9.90. The van der Waals surface area contributed by atoms with E-state index in [2.05, 4.69) is 6.92 Å². The molecule has 1 aliphatic rings. The van der Waals surface area contributed by atoms with Crippen molar-refractivity contribution >= 4 is 23.2 Å². The lowest BCUT2D eigenvalue weighted by Crippen LogP contribution is -2.41. The van der Waals surface area contributed by atoms with Crippen molar-refractivity contribution in [2.24, 2.45) is 5.92 Å². The molecule has 4 nitrogen and oxygen atoms in total. The summed E-state index contributed by atoms with van der Waals surface area (Å²) >= 11 is 1.54. The summed E-state index contributed by atoms with van der Waals surface area (Å²) in [6.45, 7) is 5.87. The SMILES string of the molecule is CCC(C)N(CC(=O)O)C(=O)c1cc2c(s1)CCC(C)C2. The Bertz CT molecular complexity index is 538. The molecule has 1 aliphatic carbocycles. The highest BCUT2D eigenvalue weighted by Gasteiger charge is 2.26. The van der Waals surface area contributed by atoms with Crippen LogP contribution in [0.2, 0.25) is 0 Å². The van der Waals surface area contributed by atoms with E-state index in [9.17, 15) is 9.59 Å². The van der Waals surface area contributed by atoms with Crippen molar-refractivity contribution in [1.29, 1.82) is 0 Å². The largest absolute Gasteiger partial charge is 0.480 e. The second-order valence-corrected chi connectivity index (χ2v) is 7.13. The van der Waals surface area contributed by atoms with Crippen LogP contribution in [-0.2, 0) is 17.6 Å². The van der Waals surface area contributed by atoms with Crippen molar-refractivity contribution in [3.63, 3.8) is 0 Å². The summed E-state index contributed by atoms with van der Waals surface area (Å²) in [4.78, 5) is 27.1. The van der Waals surface area contributed by atoms with Gasteiger partial charge in [0.25, 0.3) is 5.91 Å². The Morgan fingerprint density at radius 3 is 2.86 bits per heavy atom. The molecule has 1 amide bonds. The first kappa shape index (κ1) is 16.0. The Kier molecular flexibility index (Phi) is 5.04. The van der Waals surface area contributed by atoms with Crippen LogP contribution in [0.15, 0.2) is 6.07 Å². The number of hydrogen-bond donors (Lipinski definition) is 1. The van der Waals surface area contributed by atoms with Gasteiger partial charge >= 0.3 is 5.97 Å². The Morgan fingerprint density at radius 2 is 2.24 bits per heavy atom. The standard InChI is InChI=1S/C16H23NO3S/c1-4-11(3)17(9-15(18)19)16(20)14-8-12-7-10(2)5-6-13(12)21-14/h8,10-11H,4-7,9H2,1-3H3,(H,18,19). The number of fused-ring (bicyclic) bond motifs is 1. The Hall–Kier alpha value is -1.36. The van der Waals surface area contributed by atoms with Crippen LogP contribution in [0.25, 0.3) is 0 Å². The van der Waals surface area contributed by atoms with Gasteiger partial charge in [-0.15, -0.1) is 11.3 Å². The molecule has 116 valence electrons. The normalized spacial score (nSPS) is 18.9. The molecule has 1 aromatic rings. The first-order chi connectivity index (χ1) is 9.92. The van der Waals surface area contributed by atoms with Crippen molar-refractivity contribution in [2.75, 3.05) is 6.54 Å². The quantitative estimate of drug-likeness (QED) is 0.908. The van der Waals surface area contributed by atoms with Crippen LogP contribution in [0.5, 0.6) is 0 Å². The third-order valence-corrected chi connectivity index (χ3v) is 5.45. The summed E-state index contributed by atoms with van der Waals surface area (Å²) in [5.41, 5.74) is 1.28. The number of nitrogens with zero attached hydrogens (tertiary/aromatic N) is 1. The Morgan fingerprint density at radius 1 is 1.52 bits per heavy atom. The highest BCUT2D eigenvalue weighted by atomic mass is 32.1. The van der Waals surface area contributed by atoms with Crippen LogP contribution in [0.3, 0.4) is 0 Å². The molecular weight excluding hydrogens is 286 g/mol. The van der Waals surface area contributed by atoms with E-state index in [1.807, 2.05) is 19.9 Å². The summed E-state index contributed by atoms with van der Waals surface area (Å²) in [6.07, 6.45) is 3.99. The van der Waals surface area contributed by atoms with Gasteiger partial charge < -0.3 is 10.0 Å². The molecule has 2 atom stereocenters. The molecule has 0 spiro atoms. The second-order valence-electron chi connectivity index (χ2n) is 5.99. The first-order valence-electron chi connectivity index (χ1n) is 7.56. The number of amides is 1. The van der Waals surface area contributed by atoms with Crippen LogP contribution < -0.4 is 0 Å². The fourth-order valence-electron chi connectivity index (χ4n) is 2.75. The summed E-state index contributed by atoms with van der Waals surface area (Å²) in [5.74, 6) is -0.433. The molecule has 2 unspecified atom stereocenters. The average molecular weight is 309 g/mol. The van der Waals surface area contributed by atoms with Crippen LogP contribution in [0, 0.1) is 5.92 Å². The van der Waals surface area contributed by atoms with Gasteiger partial charge in [-0.3, -0.25) is 9.59 Å². The van der Waals surface area contributed by atoms with Gasteiger partial charge in [0.1, 0.15) is 6.54 Å². The number of carbonyl (C=O) groups is 2. The molecule has 2 rings (SSSR count). The Labute approximate surface area is 129 Å². The number of rotatable bonds is 5. The van der Waals surface area contributed by atoms with E-state index in [1.54, 1.807) is 11.3 Å². The molecule has 0 fully saturated rings. The van der Waals surface area contributed by atoms with Crippen LogP contribution >= 0.6 is 11.3 Å². The number of carbonyl (C=O) groups excluding carboxylic acids is 1.